The molecule has 1 heterocycles. The van der Waals surface area contributed by atoms with Gasteiger partial charge in [0.05, 0.1) is 25.7 Å². The van der Waals surface area contributed by atoms with Crippen molar-refractivity contribution in [3.05, 3.63) is 0 Å². The van der Waals surface area contributed by atoms with Crippen LogP contribution in [0.1, 0.15) is 6.42 Å². The monoisotopic (exact) mass is 231 g/mol. The van der Waals surface area contributed by atoms with Crippen LogP contribution in [0.2, 0.25) is 0 Å². The fourth-order valence-electron chi connectivity index (χ4n) is 1.57. The Balaban J connectivity index is 2.51. The molecule has 1 aliphatic rings. The lowest BCUT2D eigenvalue weighted by Gasteiger charge is -2.34. The van der Waals surface area contributed by atoms with Crippen LogP contribution in [0.25, 0.3) is 0 Å². The number of nitrogens with zero attached hydrogens (tertiary/aromatic N) is 1. The van der Waals surface area contributed by atoms with Crippen LogP contribution >= 0.6 is 0 Å². The quantitative estimate of drug-likeness (QED) is 0.565. The van der Waals surface area contributed by atoms with Crippen molar-refractivity contribution in [1.29, 1.82) is 0 Å². The average molecular weight is 231 g/mol. The van der Waals surface area contributed by atoms with Gasteiger partial charge in [0.25, 0.3) is 0 Å². The SMILES string of the molecule is NCCNC(=O)N1CCOCC1CC(=O)O. The largest absolute Gasteiger partial charge is 0.481 e. The number of rotatable bonds is 4. The lowest BCUT2D eigenvalue weighted by Crippen LogP contribution is -2.53. The standard InChI is InChI=1S/C9H17N3O4/c10-1-2-11-9(15)12-3-4-16-6-7(12)5-8(13)14/h7H,1-6,10H2,(H,11,15)(H,13,14). The number of carbonyl (C=O) groups excluding carboxylic acids is 1. The zero-order valence-corrected chi connectivity index (χ0v) is 9.02. The molecular formula is C9H17N3O4. The summed E-state index contributed by atoms with van der Waals surface area (Å²) in [6.45, 7) is 1.86. The summed E-state index contributed by atoms with van der Waals surface area (Å²) in [7, 11) is 0. The van der Waals surface area contributed by atoms with Gasteiger partial charge in [0.2, 0.25) is 0 Å². The summed E-state index contributed by atoms with van der Waals surface area (Å²) < 4.78 is 5.16. The van der Waals surface area contributed by atoms with Crippen LogP contribution in [0.3, 0.4) is 0 Å². The van der Waals surface area contributed by atoms with Gasteiger partial charge in [0.15, 0.2) is 0 Å². The summed E-state index contributed by atoms with van der Waals surface area (Å²) in [6, 6.07) is -0.677. The number of morpholine rings is 1. The van der Waals surface area contributed by atoms with Crippen molar-refractivity contribution < 1.29 is 19.4 Å². The Morgan fingerprint density at radius 1 is 1.56 bits per heavy atom. The number of ether oxygens (including phenoxy) is 1. The molecule has 0 aromatic heterocycles. The molecule has 0 aliphatic carbocycles. The molecule has 7 nitrogen and oxygen atoms in total. The van der Waals surface area contributed by atoms with Crippen molar-refractivity contribution >= 4 is 12.0 Å². The number of carboxylic acid groups (broad SMARTS) is 1. The lowest BCUT2D eigenvalue weighted by molar-refractivity contribution is -0.139. The molecule has 4 N–H and O–H groups in total. The molecule has 2 amide bonds. The first-order valence-corrected chi connectivity index (χ1v) is 5.19. The molecule has 0 bridgehead atoms. The fourth-order valence-corrected chi connectivity index (χ4v) is 1.57. The van der Waals surface area contributed by atoms with Crippen molar-refractivity contribution in [1.82, 2.24) is 10.2 Å². The van der Waals surface area contributed by atoms with E-state index in [0.717, 1.165) is 0 Å². The molecule has 0 spiro atoms. The maximum atomic E-state index is 11.7. The molecule has 7 heteroatoms. The highest BCUT2D eigenvalue weighted by atomic mass is 16.5. The van der Waals surface area contributed by atoms with Gasteiger partial charge in [-0.2, -0.15) is 0 Å². The number of nitrogens with two attached hydrogens (primary N) is 1. The van der Waals surface area contributed by atoms with Gasteiger partial charge >= 0.3 is 12.0 Å². The number of hydrogen-bond donors (Lipinski definition) is 3. The highest BCUT2D eigenvalue weighted by Gasteiger charge is 2.28. The molecule has 92 valence electrons. The van der Waals surface area contributed by atoms with Gasteiger partial charge in [0.1, 0.15) is 0 Å². The summed E-state index contributed by atoms with van der Waals surface area (Å²) in [4.78, 5) is 23.8. The molecule has 1 rings (SSSR count). The summed E-state index contributed by atoms with van der Waals surface area (Å²) in [5.41, 5.74) is 5.27. The lowest BCUT2D eigenvalue weighted by atomic mass is 10.1. The Hall–Kier alpha value is -1.34. The summed E-state index contributed by atoms with van der Waals surface area (Å²) in [5.74, 6) is -0.938. The number of amides is 2. The van der Waals surface area contributed by atoms with E-state index in [-0.39, 0.29) is 19.1 Å². The van der Waals surface area contributed by atoms with Crippen molar-refractivity contribution in [2.75, 3.05) is 32.8 Å². The van der Waals surface area contributed by atoms with Crippen LogP contribution in [0, 0.1) is 0 Å². The van der Waals surface area contributed by atoms with E-state index in [4.69, 9.17) is 15.6 Å². The Morgan fingerprint density at radius 2 is 2.31 bits per heavy atom. The Bertz CT molecular complexity index is 259. The zero-order valence-electron chi connectivity index (χ0n) is 9.02. The first kappa shape index (κ1) is 12.7. The second-order valence-electron chi connectivity index (χ2n) is 3.54. The summed E-state index contributed by atoms with van der Waals surface area (Å²) in [5, 5.41) is 11.3. The third-order valence-electron chi connectivity index (χ3n) is 2.32. The van der Waals surface area contributed by atoms with Crippen LogP contribution in [0.4, 0.5) is 4.79 Å². The second-order valence-corrected chi connectivity index (χ2v) is 3.54. The van der Waals surface area contributed by atoms with Crippen LogP contribution in [-0.4, -0.2) is 60.9 Å². The number of carbonyl (C=O) groups is 2. The minimum absolute atomic E-state index is 0.101. The first-order valence-electron chi connectivity index (χ1n) is 5.19. The van der Waals surface area contributed by atoms with E-state index in [1.165, 1.54) is 4.90 Å². The second kappa shape index (κ2) is 6.29. The Morgan fingerprint density at radius 3 is 2.94 bits per heavy atom. The fraction of sp³-hybridized carbons (Fsp3) is 0.778. The van der Waals surface area contributed by atoms with Gasteiger partial charge < -0.3 is 25.8 Å². The van der Waals surface area contributed by atoms with Gasteiger partial charge in [-0.25, -0.2) is 4.79 Å². The van der Waals surface area contributed by atoms with Crippen LogP contribution < -0.4 is 11.1 Å². The zero-order chi connectivity index (χ0) is 12.0. The topological polar surface area (TPSA) is 105 Å². The molecule has 0 saturated carbocycles. The Kier molecular flexibility index (Phi) is 5.00. The minimum Gasteiger partial charge on any atom is -0.481 e. The average Bonchev–Trinajstić information content (AvgIpc) is 2.26. The van der Waals surface area contributed by atoms with Gasteiger partial charge in [-0.1, -0.05) is 0 Å². The van der Waals surface area contributed by atoms with E-state index in [0.29, 0.717) is 26.2 Å². The number of aliphatic carboxylic acids is 1. The van der Waals surface area contributed by atoms with Crippen molar-refractivity contribution in [2.24, 2.45) is 5.73 Å². The van der Waals surface area contributed by atoms with Crippen LogP contribution in [0.5, 0.6) is 0 Å². The van der Waals surface area contributed by atoms with Crippen LogP contribution in [-0.2, 0) is 9.53 Å². The highest BCUT2D eigenvalue weighted by Crippen LogP contribution is 2.10. The minimum atomic E-state index is -0.938. The number of hydrogen-bond acceptors (Lipinski definition) is 4. The number of nitrogens with one attached hydrogen (secondary N) is 1. The van der Waals surface area contributed by atoms with E-state index < -0.39 is 12.0 Å². The van der Waals surface area contributed by atoms with E-state index >= 15 is 0 Å². The smallest absolute Gasteiger partial charge is 0.317 e. The molecule has 1 unspecified atom stereocenters. The van der Waals surface area contributed by atoms with Crippen LogP contribution in [0.15, 0.2) is 0 Å². The maximum Gasteiger partial charge on any atom is 0.317 e. The van der Waals surface area contributed by atoms with Gasteiger partial charge in [-0.3, -0.25) is 4.79 Å². The normalized spacial score (nSPS) is 20.6. The molecule has 0 radical (unpaired) electrons. The van der Waals surface area contributed by atoms with E-state index in [1.807, 2.05) is 0 Å². The van der Waals surface area contributed by atoms with Crippen molar-refractivity contribution in [3.8, 4) is 0 Å². The third kappa shape index (κ3) is 3.67. The number of urea groups is 1. The van der Waals surface area contributed by atoms with Gasteiger partial charge in [-0.15, -0.1) is 0 Å². The predicted octanol–water partition coefficient (Wildman–Crippen LogP) is -1.17. The third-order valence-corrected chi connectivity index (χ3v) is 2.32. The molecular weight excluding hydrogens is 214 g/mol. The molecule has 0 aromatic carbocycles. The molecule has 1 fully saturated rings. The maximum absolute atomic E-state index is 11.7. The van der Waals surface area contributed by atoms with E-state index in [1.54, 1.807) is 0 Å². The van der Waals surface area contributed by atoms with Crippen molar-refractivity contribution in [3.63, 3.8) is 0 Å². The Labute approximate surface area is 93.5 Å². The van der Waals surface area contributed by atoms with Gasteiger partial charge in [-0.05, 0) is 0 Å². The summed E-state index contributed by atoms with van der Waals surface area (Å²) in [6.07, 6.45) is -0.101. The first-order chi connectivity index (χ1) is 7.65. The predicted molar refractivity (Wildman–Crippen MR) is 56.0 cm³/mol. The molecule has 1 aliphatic heterocycles. The van der Waals surface area contributed by atoms with E-state index in [2.05, 4.69) is 5.32 Å². The molecule has 1 saturated heterocycles. The number of carboxylic acids is 1. The molecule has 1 atom stereocenters. The van der Waals surface area contributed by atoms with Crippen molar-refractivity contribution in [2.45, 2.75) is 12.5 Å². The molecule has 0 aromatic rings. The van der Waals surface area contributed by atoms with Gasteiger partial charge in [0, 0.05) is 19.6 Å². The molecule has 16 heavy (non-hydrogen) atoms. The highest BCUT2D eigenvalue weighted by molar-refractivity contribution is 5.76. The van der Waals surface area contributed by atoms with E-state index in [9.17, 15) is 9.59 Å². The summed E-state index contributed by atoms with van der Waals surface area (Å²) >= 11 is 0.